The smallest absolute Gasteiger partial charge is 0.264 e. The highest BCUT2D eigenvalue weighted by Crippen LogP contribution is 2.25. The molecule has 0 N–H and O–H groups in total. The second kappa shape index (κ2) is 9.86. The third-order valence-corrected chi connectivity index (χ3v) is 6.81. The number of ether oxygens (including phenoxy) is 1. The number of thiophene rings is 1. The van der Waals surface area contributed by atoms with Gasteiger partial charge in [0.1, 0.15) is 12.4 Å². The summed E-state index contributed by atoms with van der Waals surface area (Å²) < 4.78 is 6.04. The summed E-state index contributed by atoms with van der Waals surface area (Å²) in [5, 5.41) is 2.79. The van der Waals surface area contributed by atoms with Crippen molar-refractivity contribution < 1.29 is 9.53 Å². The minimum atomic E-state index is 0.116. The van der Waals surface area contributed by atoms with Crippen molar-refractivity contribution in [2.45, 2.75) is 27.0 Å². The molecule has 0 aliphatic carbocycles. The molecule has 3 aromatic rings. The largest absolute Gasteiger partial charge is 0.488 e. The van der Waals surface area contributed by atoms with Crippen LogP contribution in [0.1, 0.15) is 31.9 Å². The first-order valence-electron chi connectivity index (χ1n) is 10.5. The van der Waals surface area contributed by atoms with Crippen molar-refractivity contribution in [3.63, 3.8) is 0 Å². The predicted octanol–water partition coefficient (Wildman–Crippen LogP) is 5.56. The van der Waals surface area contributed by atoms with E-state index in [1.54, 1.807) is 0 Å². The lowest BCUT2D eigenvalue weighted by Crippen LogP contribution is -2.48. The Balaban J connectivity index is 1.30. The standard InChI is InChI=1S/C25H27ClN2O2S/c1-18-5-3-6-19(2)24(18)30-16-21-14-23(31-17-21)25(29)28-11-9-27(10-12-28)15-20-7-4-8-22(26)13-20/h3-8,13-14,17H,9-12,15-16H2,1-2H3. The van der Waals surface area contributed by atoms with Gasteiger partial charge in [-0.25, -0.2) is 0 Å². The molecule has 1 fully saturated rings. The van der Waals surface area contributed by atoms with Crippen LogP contribution in [0.4, 0.5) is 0 Å². The zero-order valence-electron chi connectivity index (χ0n) is 17.9. The van der Waals surface area contributed by atoms with Crippen molar-refractivity contribution >= 4 is 28.8 Å². The zero-order chi connectivity index (χ0) is 21.8. The molecule has 0 bridgehead atoms. The van der Waals surface area contributed by atoms with Crippen LogP contribution in [0.2, 0.25) is 5.02 Å². The Kier molecular flexibility index (Phi) is 6.96. The molecule has 6 heteroatoms. The van der Waals surface area contributed by atoms with Gasteiger partial charge in [0.05, 0.1) is 4.88 Å². The van der Waals surface area contributed by atoms with E-state index in [0.29, 0.717) is 6.61 Å². The van der Waals surface area contributed by atoms with Crippen molar-refractivity contribution in [3.05, 3.63) is 86.1 Å². The summed E-state index contributed by atoms with van der Waals surface area (Å²) in [6, 6.07) is 16.1. The zero-order valence-corrected chi connectivity index (χ0v) is 19.5. The quantitative estimate of drug-likeness (QED) is 0.489. The van der Waals surface area contributed by atoms with Crippen molar-refractivity contribution in [3.8, 4) is 5.75 Å². The molecule has 1 aliphatic rings. The van der Waals surface area contributed by atoms with Gasteiger partial charge in [-0.05, 0) is 54.1 Å². The van der Waals surface area contributed by atoms with Gasteiger partial charge in [-0.3, -0.25) is 9.69 Å². The molecule has 0 atom stereocenters. The van der Waals surface area contributed by atoms with Gasteiger partial charge < -0.3 is 9.64 Å². The number of aryl methyl sites for hydroxylation is 2. The molecule has 2 aromatic carbocycles. The predicted molar refractivity (Wildman–Crippen MR) is 127 cm³/mol. The average molecular weight is 455 g/mol. The van der Waals surface area contributed by atoms with Gasteiger partial charge in [0.15, 0.2) is 0 Å². The van der Waals surface area contributed by atoms with E-state index in [1.807, 2.05) is 40.6 Å². The second-order valence-electron chi connectivity index (χ2n) is 8.03. The maximum atomic E-state index is 13.0. The van der Waals surface area contributed by atoms with E-state index in [4.69, 9.17) is 16.3 Å². The second-order valence-corrected chi connectivity index (χ2v) is 9.37. The summed E-state index contributed by atoms with van der Waals surface area (Å²) in [6.45, 7) is 8.66. The number of rotatable bonds is 6. The number of nitrogens with zero attached hydrogens (tertiary/aromatic N) is 2. The van der Waals surface area contributed by atoms with Crippen molar-refractivity contribution in [1.82, 2.24) is 9.80 Å². The number of piperazine rings is 1. The number of benzene rings is 2. The fraction of sp³-hybridized carbons (Fsp3) is 0.320. The van der Waals surface area contributed by atoms with Gasteiger partial charge in [0.25, 0.3) is 5.91 Å². The number of hydrogen-bond donors (Lipinski definition) is 0. The first kappa shape index (κ1) is 21.9. The highest BCUT2D eigenvalue weighted by molar-refractivity contribution is 7.12. The van der Waals surface area contributed by atoms with Crippen molar-refractivity contribution in [1.29, 1.82) is 0 Å². The Morgan fingerprint density at radius 2 is 1.71 bits per heavy atom. The van der Waals surface area contributed by atoms with Crippen LogP contribution in [-0.2, 0) is 13.2 Å². The molecule has 31 heavy (non-hydrogen) atoms. The van der Waals surface area contributed by atoms with Crippen LogP contribution in [0.25, 0.3) is 0 Å². The van der Waals surface area contributed by atoms with E-state index in [0.717, 1.165) is 65.1 Å². The summed E-state index contributed by atoms with van der Waals surface area (Å²) in [4.78, 5) is 18.1. The number of hydrogen-bond acceptors (Lipinski definition) is 4. The molecule has 0 unspecified atom stereocenters. The van der Waals surface area contributed by atoms with Crippen LogP contribution in [-0.4, -0.2) is 41.9 Å². The minimum absolute atomic E-state index is 0.116. The molecular formula is C25H27ClN2O2S. The first-order chi connectivity index (χ1) is 15.0. The molecule has 0 saturated carbocycles. The number of carbonyl (C=O) groups excluding carboxylic acids is 1. The van der Waals surface area contributed by atoms with Crippen LogP contribution < -0.4 is 4.74 Å². The van der Waals surface area contributed by atoms with Gasteiger partial charge in [-0.1, -0.05) is 41.9 Å². The van der Waals surface area contributed by atoms with E-state index in [-0.39, 0.29) is 5.91 Å². The summed E-state index contributed by atoms with van der Waals surface area (Å²) in [5.74, 6) is 1.04. The molecule has 0 radical (unpaired) electrons. The number of carbonyl (C=O) groups is 1. The van der Waals surface area contributed by atoms with Gasteiger partial charge in [-0.15, -0.1) is 11.3 Å². The van der Waals surface area contributed by atoms with Crippen LogP contribution in [0, 0.1) is 13.8 Å². The third-order valence-electron chi connectivity index (χ3n) is 5.61. The van der Waals surface area contributed by atoms with Crippen LogP contribution in [0.15, 0.2) is 53.9 Å². The van der Waals surface area contributed by atoms with Crippen LogP contribution in [0.3, 0.4) is 0 Å². The third kappa shape index (κ3) is 5.48. The Hall–Kier alpha value is -2.34. The Morgan fingerprint density at radius 3 is 2.42 bits per heavy atom. The molecule has 0 spiro atoms. The lowest BCUT2D eigenvalue weighted by Gasteiger charge is -2.34. The maximum absolute atomic E-state index is 13.0. The fourth-order valence-corrected chi connectivity index (χ4v) is 4.98. The van der Waals surface area contributed by atoms with Gasteiger partial charge >= 0.3 is 0 Å². The van der Waals surface area contributed by atoms with Crippen LogP contribution in [0.5, 0.6) is 5.75 Å². The van der Waals surface area contributed by atoms with Gasteiger partial charge in [0.2, 0.25) is 0 Å². The normalized spacial score (nSPS) is 14.6. The Bertz CT molecular complexity index is 1040. The summed E-state index contributed by atoms with van der Waals surface area (Å²) in [5.41, 5.74) is 4.50. The molecule has 4 nitrogen and oxygen atoms in total. The van der Waals surface area contributed by atoms with Crippen molar-refractivity contribution in [2.75, 3.05) is 26.2 Å². The topological polar surface area (TPSA) is 32.8 Å². The highest BCUT2D eigenvalue weighted by atomic mass is 35.5. The summed E-state index contributed by atoms with van der Waals surface area (Å²) >= 11 is 7.59. The Morgan fingerprint density at radius 1 is 1.00 bits per heavy atom. The molecule has 1 aliphatic heterocycles. The van der Waals surface area contributed by atoms with Crippen molar-refractivity contribution in [2.24, 2.45) is 0 Å². The Labute approximate surface area is 193 Å². The number of para-hydroxylation sites is 1. The molecular weight excluding hydrogens is 428 g/mol. The van der Waals surface area contributed by atoms with Gasteiger partial charge in [-0.2, -0.15) is 0 Å². The maximum Gasteiger partial charge on any atom is 0.264 e. The number of halogens is 1. The monoisotopic (exact) mass is 454 g/mol. The number of amides is 1. The molecule has 1 amide bonds. The highest BCUT2D eigenvalue weighted by Gasteiger charge is 2.23. The summed E-state index contributed by atoms with van der Waals surface area (Å²) in [7, 11) is 0. The summed E-state index contributed by atoms with van der Waals surface area (Å²) in [6.07, 6.45) is 0. The van der Waals surface area contributed by atoms with E-state index in [1.165, 1.54) is 16.9 Å². The molecule has 1 saturated heterocycles. The van der Waals surface area contributed by atoms with E-state index in [2.05, 4.69) is 36.9 Å². The first-order valence-corrected chi connectivity index (χ1v) is 11.8. The lowest BCUT2D eigenvalue weighted by atomic mass is 10.1. The molecule has 1 aromatic heterocycles. The lowest BCUT2D eigenvalue weighted by molar-refractivity contribution is 0.0633. The molecule has 4 rings (SSSR count). The molecule has 2 heterocycles. The molecule has 162 valence electrons. The average Bonchev–Trinajstić information content (AvgIpc) is 3.22. The van der Waals surface area contributed by atoms with Crippen LogP contribution >= 0.6 is 22.9 Å². The van der Waals surface area contributed by atoms with E-state index in [9.17, 15) is 4.79 Å². The SMILES string of the molecule is Cc1cccc(C)c1OCc1csc(C(=O)N2CCN(Cc3cccc(Cl)c3)CC2)c1. The van der Waals surface area contributed by atoms with Gasteiger partial charge in [0, 0.05) is 43.3 Å². The van der Waals surface area contributed by atoms with E-state index < -0.39 is 0 Å². The minimum Gasteiger partial charge on any atom is -0.488 e. The van der Waals surface area contributed by atoms with E-state index >= 15 is 0 Å². The fourth-order valence-electron chi connectivity index (χ4n) is 3.90.